The molecule has 3 heteroatoms. The van der Waals surface area contributed by atoms with Gasteiger partial charge in [-0.3, -0.25) is 0 Å². The zero-order valence-corrected chi connectivity index (χ0v) is 10.9. The molecule has 1 heterocycles. The molecule has 98 valence electrons. The van der Waals surface area contributed by atoms with Crippen molar-refractivity contribution in [2.75, 3.05) is 13.7 Å². The van der Waals surface area contributed by atoms with Gasteiger partial charge in [-0.15, -0.1) is 0 Å². The van der Waals surface area contributed by atoms with Crippen LogP contribution in [0.3, 0.4) is 0 Å². The van der Waals surface area contributed by atoms with Crippen molar-refractivity contribution in [3.63, 3.8) is 0 Å². The number of benzene rings is 2. The fourth-order valence-electron chi connectivity index (χ4n) is 2.40. The molecule has 0 aliphatic carbocycles. The van der Waals surface area contributed by atoms with E-state index < -0.39 is 0 Å². The minimum absolute atomic E-state index is 0.114. The van der Waals surface area contributed by atoms with Crippen LogP contribution in [0.2, 0.25) is 0 Å². The molecule has 3 rings (SSSR count). The predicted octanol–water partition coefficient (Wildman–Crippen LogP) is 2.68. The molecule has 0 amide bonds. The Morgan fingerprint density at radius 2 is 1.84 bits per heavy atom. The van der Waals surface area contributed by atoms with E-state index in [0.29, 0.717) is 0 Å². The van der Waals surface area contributed by atoms with Crippen LogP contribution < -0.4 is 15.2 Å². The number of nitrogens with two attached hydrogens (primary N) is 1. The van der Waals surface area contributed by atoms with Crippen molar-refractivity contribution in [3.05, 3.63) is 59.2 Å². The maximum Gasteiger partial charge on any atom is 0.122 e. The molecule has 1 aliphatic rings. The largest absolute Gasteiger partial charge is 0.497 e. The van der Waals surface area contributed by atoms with E-state index in [0.717, 1.165) is 35.7 Å². The summed E-state index contributed by atoms with van der Waals surface area (Å²) in [5, 5.41) is 0. The van der Waals surface area contributed by atoms with E-state index >= 15 is 0 Å². The van der Waals surface area contributed by atoms with Crippen molar-refractivity contribution in [2.45, 2.75) is 12.5 Å². The van der Waals surface area contributed by atoms with Crippen LogP contribution in [0.5, 0.6) is 11.5 Å². The van der Waals surface area contributed by atoms with E-state index in [2.05, 4.69) is 6.07 Å². The highest BCUT2D eigenvalue weighted by Crippen LogP contribution is 2.30. The summed E-state index contributed by atoms with van der Waals surface area (Å²) in [5.41, 5.74) is 9.77. The summed E-state index contributed by atoms with van der Waals surface area (Å²) in [6, 6.07) is 14.0. The Hall–Kier alpha value is -2.00. The van der Waals surface area contributed by atoms with Crippen molar-refractivity contribution in [2.24, 2.45) is 5.73 Å². The molecule has 2 aromatic rings. The molecule has 0 spiro atoms. The van der Waals surface area contributed by atoms with Crippen LogP contribution in [0.1, 0.15) is 22.7 Å². The Kier molecular flexibility index (Phi) is 3.13. The lowest BCUT2D eigenvalue weighted by atomic mass is 9.97. The Balaban J connectivity index is 1.88. The number of fused-ring (bicyclic) bond motifs is 1. The van der Waals surface area contributed by atoms with E-state index in [1.165, 1.54) is 5.56 Å². The lowest BCUT2D eigenvalue weighted by Gasteiger charge is -2.14. The van der Waals surface area contributed by atoms with Gasteiger partial charge in [0.15, 0.2) is 0 Å². The van der Waals surface area contributed by atoms with Gasteiger partial charge in [0.1, 0.15) is 11.5 Å². The first-order valence-electron chi connectivity index (χ1n) is 6.43. The molecule has 0 radical (unpaired) electrons. The average molecular weight is 255 g/mol. The van der Waals surface area contributed by atoms with Crippen molar-refractivity contribution in [1.82, 2.24) is 0 Å². The smallest absolute Gasteiger partial charge is 0.122 e. The van der Waals surface area contributed by atoms with Crippen molar-refractivity contribution >= 4 is 0 Å². The lowest BCUT2D eigenvalue weighted by molar-refractivity contribution is 0.357. The van der Waals surface area contributed by atoms with E-state index in [9.17, 15) is 0 Å². The molecule has 0 saturated carbocycles. The summed E-state index contributed by atoms with van der Waals surface area (Å²) in [4.78, 5) is 0. The van der Waals surface area contributed by atoms with Gasteiger partial charge in [-0.2, -0.15) is 0 Å². The highest BCUT2D eigenvalue weighted by Gasteiger charge is 2.15. The van der Waals surface area contributed by atoms with Gasteiger partial charge in [-0.05, 0) is 34.9 Å². The van der Waals surface area contributed by atoms with Crippen LogP contribution in [-0.4, -0.2) is 13.7 Å². The molecular weight excluding hydrogens is 238 g/mol. The fourth-order valence-corrected chi connectivity index (χ4v) is 2.40. The molecule has 2 aromatic carbocycles. The lowest BCUT2D eigenvalue weighted by Crippen LogP contribution is -2.11. The summed E-state index contributed by atoms with van der Waals surface area (Å²) < 4.78 is 10.7. The molecule has 0 unspecified atom stereocenters. The first kappa shape index (κ1) is 12.1. The molecule has 1 atom stereocenters. The van der Waals surface area contributed by atoms with Gasteiger partial charge in [-0.1, -0.05) is 24.3 Å². The molecular formula is C16H17NO2. The van der Waals surface area contributed by atoms with Gasteiger partial charge < -0.3 is 15.2 Å². The van der Waals surface area contributed by atoms with Crippen LogP contribution in [0.4, 0.5) is 0 Å². The summed E-state index contributed by atoms with van der Waals surface area (Å²) in [6.07, 6.45) is 0.971. The van der Waals surface area contributed by atoms with Gasteiger partial charge in [0.25, 0.3) is 0 Å². The van der Waals surface area contributed by atoms with Gasteiger partial charge in [0.2, 0.25) is 0 Å². The number of rotatable bonds is 3. The van der Waals surface area contributed by atoms with Gasteiger partial charge in [0, 0.05) is 6.42 Å². The normalized spacial score (nSPS) is 14.6. The second-order valence-electron chi connectivity index (χ2n) is 4.72. The maximum atomic E-state index is 6.32. The minimum Gasteiger partial charge on any atom is -0.497 e. The third-order valence-corrected chi connectivity index (χ3v) is 3.55. The monoisotopic (exact) mass is 255 g/mol. The van der Waals surface area contributed by atoms with Crippen LogP contribution in [0.15, 0.2) is 42.5 Å². The minimum atomic E-state index is -0.114. The molecule has 0 saturated heterocycles. The van der Waals surface area contributed by atoms with E-state index in [4.69, 9.17) is 15.2 Å². The third-order valence-electron chi connectivity index (χ3n) is 3.55. The first-order valence-corrected chi connectivity index (χ1v) is 6.43. The second kappa shape index (κ2) is 4.94. The van der Waals surface area contributed by atoms with Crippen LogP contribution >= 0.6 is 0 Å². The predicted molar refractivity (Wildman–Crippen MR) is 74.7 cm³/mol. The standard InChI is InChI=1S/C16H17NO2/c1-18-14-5-2-11(3-6-14)16(17)13-4-7-15-12(10-13)8-9-19-15/h2-7,10,16H,8-9,17H2,1H3/t16-/m1/s1. The molecule has 2 N–H and O–H groups in total. The Morgan fingerprint density at radius 3 is 2.58 bits per heavy atom. The van der Waals surface area contributed by atoms with E-state index in [1.54, 1.807) is 7.11 Å². The number of methoxy groups -OCH3 is 1. The van der Waals surface area contributed by atoms with E-state index in [-0.39, 0.29) is 6.04 Å². The zero-order chi connectivity index (χ0) is 13.2. The van der Waals surface area contributed by atoms with E-state index in [1.807, 2.05) is 36.4 Å². The quantitative estimate of drug-likeness (QED) is 0.917. The third kappa shape index (κ3) is 2.29. The van der Waals surface area contributed by atoms with Gasteiger partial charge in [-0.25, -0.2) is 0 Å². The molecule has 0 fully saturated rings. The van der Waals surface area contributed by atoms with Crippen molar-refractivity contribution in [1.29, 1.82) is 0 Å². The number of hydrogen-bond acceptors (Lipinski definition) is 3. The average Bonchev–Trinajstić information content (AvgIpc) is 2.94. The number of hydrogen-bond donors (Lipinski definition) is 1. The van der Waals surface area contributed by atoms with Crippen molar-refractivity contribution < 1.29 is 9.47 Å². The Morgan fingerprint density at radius 1 is 1.11 bits per heavy atom. The summed E-state index contributed by atoms with van der Waals surface area (Å²) >= 11 is 0. The summed E-state index contributed by atoms with van der Waals surface area (Å²) in [6.45, 7) is 0.774. The molecule has 0 bridgehead atoms. The summed E-state index contributed by atoms with van der Waals surface area (Å²) in [5.74, 6) is 1.84. The van der Waals surface area contributed by atoms with Gasteiger partial charge in [0.05, 0.1) is 19.8 Å². The highest BCUT2D eigenvalue weighted by atomic mass is 16.5. The first-order chi connectivity index (χ1) is 9.28. The Labute approximate surface area is 113 Å². The molecule has 19 heavy (non-hydrogen) atoms. The van der Waals surface area contributed by atoms with Crippen LogP contribution in [0.25, 0.3) is 0 Å². The van der Waals surface area contributed by atoms with Gasteiger partial charge >= 0.3 is 0 Å². The molecule has 1 aliphatic heterocycles. The topological polar surface area (TPSA) is 44.5 Å². The second-order valence-corrected chi connectivity index (χ2v) is 4.72. The fraction of sp³-hybridized carbons (Fsp3) is 0.250. The van der Waals surface area contributed by atoms with Crippen molar-refractivity contribution in [3.8, 4) is 11.5 Å². The van der Waals surface area contributed by atoms with Crippen LogP contribution in [-0.2, 0) is 6.42 Å². The molecule has 3 nitrogen and oxygen atoms in total. The highest BCUT2D eigenvalue weighted by molar-refractivity contribution is 5.43. The molecule has 0 aromatic heterocycles. The Bertz CT molecular complexity index is 578. The summed E-state index contributed by atoms with van der Waals surface area (Å²) in [7, 11) is 1.66. The maximum absolute atomic E-state index is 6.32. The number of ether oxygens (including phenoxy) is 2. The zero-order valence-electron chi connectivity index (χ0n) is 10.9. The SMILES string of the molecule is COc1ccc([C@@H](N)c2ccc3c(c2)CCO3)cc1. The van der Waals surface area contributed by atoms with Crippen LogP contribution in [0, 0.1) is 0 Å².